The minimum atomic E-state index is -0.399. The van der Waals surface area contributed by atoms with Crippen LogP contribution in [0.4, 0.5) is 0 Å². The summed E-state index contributed by atoms with van der Waals surface area (Å²) >= 11 is 1.69. The van der Waals surface area contributed by atoms with E-state index in [2.05, 4.69) is 12.1 Å². The summed E-state index contributed by atoms with van der Waals surface area (Å²) < 4.78 is 4.76. The monoisotopic (exact) mass is 267 g/mol. The molecule has 0 fully saturated rings. The molecule has 3 nitrogen and oxygen atoms in total. The summed E-state index contributed by atoms with van der Waals surface area (Å²) in [6.07, 6.45) is 2.33. The van der Waals surface area contributed by atoms with Crippen LogP contribution in [0, 0.1) is 0 Å². The van der Waals surface area contributed by atoms with E-state index in [4.69, 9.17) is 10.5 Å². The third kappa shape index (κ3) is 3.27. The fraction of sp³-hybridized carbons (Fsp3) is 0.500. The van der Waals surface area contributed by atoms with Gasteiger partial charge in [0.2, 0.25) is 0 Å². The Labute approximate surface area is 113 Å². The van der Waals surface area contributed by atoms with Gasteiger partial charge in [-0.1, -0.05) is 19.1 Å². The Kier molecular flexibility index (Phi) is 5.23. The number of hydrogen-bond acceptors (Lipinski definition) is 4. The number of nitrogens with two attached hydrogens (primary N) is 1. The predicted molar refractivity (Wildman–Crippen MR) is 75.9 cm³/mol. The van der Waals surface area contributed by atoms with Crippen LogP contribution >= 0.6 is 11.8 Å². The lowest BCUT2D eigenvalue weighted by Gasteiger charge is -2.33. The quantitative estimate of drug-likeness (QED) is 0.658. The Morgan fingerprint density at radius 1 is 1.44 bits per heavy atom. The van der Waals surface area contributed by atoms with Crippen LogP contribution in [0.2, 0.25) is 0 Å². The van der Waals surface area contributed by atoms with E-state index in [0.717, 1.165) is 5.56 Å². The average molecular weight is 267 g/mol. The second-order valence-corrected chi connectivity index (χ2v) is 5.57. The van der Waals surface area contributed by atoms with Crippen molar-refractivity contribution in [3.8, 4) is 0 Å². The molecule has 0 aliphatic heterocycles. The zero-order valence-corrected chi connectivity index (χ0v) is 12.2. The molecule has 0 radical (unpaired) electrons. The van der Waals surface area contributed by atoms with E-state index >= 15 is 0 Å². The first-order chi connectivity index (χ1) is 8.43. The first kappa shape index (κ1) is 15.1. The van der Waals surface area contributed by atoms with Gasteiger partial charge in [-0.15, -0.1) is 11.8 Å². The number of rotatable bonds is 5. The Morgan fingerprint density at radius 2 is 2.00 bits per heavy atom. The second-order valence-electron chi connectivity index (χ2n) is 4.69. The van der Waals surface area contributed by atoms with E-state index in [1.54, 1.807) is 11.8 Å². The van der Waals surface area contributed by atoms with E-state index in [0.29, 0.717) is 6.42 Å². The molecule has 1 aromatic carbocycles. The highest BCUT2D eigenvalue weighted by Gasteiger charge is 2.34. The van der Waals surface area contributed by atoms with Crippen molar-refractivity contribution in [1.29, 1.82) is 0 Å². The summed E-state index contributed by atoms with van der Waals surface area (Å²) in [6.45, 7) is 3.92. The lowest BCUT2D eigenvalue weighted by atomic mass is 9.74. The molecule has 0 bridgehead atoms. The van der Waals surface area contributed by atoms with Crippen LogP contribution in [-0.4, -0.2) is 25.4 Å². The smallest absolute Gasteiger partial charge is 0.306 e. The minimum absolute atomic E-state index is 0.128. The van der Waals surface area contributed by atoms with E-state index in [9.17, 15) is 4.79 Å². The van der Waals surface area contributed by atoms with Crippen LogP contribution in [-0.2, 0) is 14.9 Å². The highest BCUT2D eigenvalue weighted by Crippen LogP contribution is 2.32. The molecule has 100 valence electrons. The van der Waals surface area contributed by atoms with Gasteiger partial charge in [0.15, 0.2) is 0 Å². The molecule has 0 aliphatic rings. The molecule has 0 amide bonds. The molecule has 0 aromatic heterocycles. The van der Waals surface area contributed by atoms with Gasteiger partial charge in [-0.25, -0.2) is 0 Å². The van der Waals surface area contributed by atoms with Gasteiger partial charge in [0, 0.05) is 16.4 Å². The van der Waals surface area contributed by atoms with Crippen molar-refractivity contribution < 1.29 is 9.53 Å². The van der Waals surface area contributed by atoms with Crippen LogP contribution in [0.15, 0.2) is 29.2 Å². The molecule has 0 saturated heterocycles. The van der Waals surface area contributed by atoms with Gasteiger partial charge in [0.05, 0.1) is 13.5 Å². The third-order valence-corrected chi connectivity index (χ3v) is 4.24. The van der Waals surface area contributed by atoms with E-state index in [-0.39, 0.29) is 12.0 Å². The molecule has 0 heterocycles. The number of ether oxygens (including phenoxy) is 1. The summed E-state index contributed by atoms with van der Waals surface area (Å²) in [4.78, 5) is 12.7. The first-order valence-electron chi connectivity index (χ1n) is 5.91. The van der Waals surface area contributed by atoms with Gasteiger partial charge in [-0.2, -0.15) is 0 Å². The summed E-state index contributed by atoms with van der Waals surface area (Å²) in [7, 11) is 1.40. The number of methoxy groups -OCH3 is 1. The van der Waals surface area contributed by atoms with Crippen molar-refractivity contribution in [2.24, 2.45) is 5.73 Å². The SMILES string of the molecule is COC(=O)CC(C)(c1ccc(SC)cc1)C(C)N. The molecule has 1 aromatic rings. The predicted octanol–water partition coefficient (Wildman–Crippen LogP) is 2.58. The highest BCUT2D eigenvalue weighted by molar-refractivity contribution is 7.98. The summed E-state index contributed by atoms with van der Waals surface area (Å²) in [5.74, 6) is -0.233. The van der Waals surface area contributed by atoms with Gasteiger partial charge in [-0.05, 0) is 30.9 Å². The number of thioether (sulfide) groups is 1. The maximum atomic E-state index is 11.5. The maximum absolute atomic E-state index is 11.5. The van der Waals surface area contributed by atoms with E-state index in [1.165, 1.54) is 12.0 Å². The molecule has 4 heteroatoms. The van der Waals surface area contributed by atoms with Crippen molar-refractivity contribution in [1.82, 2.24) is 0 Å². The zero-order valence-electron chi connectivity index (χ0n) is 11.4. The fourth-order valence-electron chi connectivity index (χ4n) is 1.87. The molecular weight excluding hydrogens is 246 g/mol. The summed E-state index contributed by atoms with van der Waals surface area (Å²) in [5.41, 5.74) is 6.73. The number of carbonyl (C=O) groups is 1. The van der Waals surface area contributed by atoms with Crippen LogP contribution in [0.5, 0.6) is 0 Å². The van der Waals surface area contributed by atoms with Gasteiger partial charge < -0.3 is 10.5 Å². The lowest BCUT2D eigenvalue weighted by molar-refractivity contribution is -0.142. The van der Waals surface area contributed by atoms with Crippen LogP contribution in [0.1, 0.15) is 25.8 Å². The molecule has 1 rings (SSSR count). The average Bonchev–Trinajstić information content (AvgIpc) is 2.38. The number of benzene rings is 1. The Balaban J connectivity index is 3.06. The topological polar surface area (TPSA) is 52.3 Å². The standard InChI is InChI=1S/C14H21NO2S/c1-10(15)14(2,9-13(16)17-3)11-5-7-12(18-4)8-6-11/h5-8,10H,9,15H2,1-4H3. The molecular formula is C14H21NO2S. The number of esters is 1. The van der Waals surface area contributed by atoms with Crippen molar-refractivity contribution >= 4 is 17.7 Å². The number of hydrogen-bond donors (Lipinski definition) is 1. The van der Waals surface area contributed by atoms with Gasteiger partial charge in [0.1, 0.15) is 0 Å². The summed E-state index contributed by atoms with van der Waals surface area (Å²) in [6, 6.07) is 8.06. The Bertz CT molecular complexity index is 403. The normalized spacial score (nSPS) is 15.8. The molecule has 2 atom stereocenters. The molecule has 0 saturated carbocycles. The van der Waals surface area contributed by atoms with Crippen molar-refractivity contribution in [2.45, 2.75) is 36.6 Å². The van der Waals surface area contributed by atoms with E-state index < -0.39 is 5.41 Å². The number of carbonyl (C=O) groups excluding carboxylic acids is 1. The fourth-order valence-corrected chi connectivity index (χ4v) is 2.28. The molecule has 18 heavy (non-hydrogen) atoms. The van der Waals surface area contributed by atoms with E-state index in [1.807, 2.05) is 32.2 Å². The second kappa shape index (κ2) is 6.25. The third-order valence-electron chi connectivity index (χ3n) is 3.49. The minimum Gasteiger partial charge on any atom is -0.469 e. The van der Waals surface area contributed by atoms with Gasteiger partial charge in [0.25, 0.3) is 0 Å². The Morgan fingerprint density at radius 3 is 2.39 bits per heavy atom. The van der Waals surface area contributed by atoms with Gasteiger partial charge >= 0.3 is 5.97 Å². The van der Waals surface area contributed by atoms with Crippen molar-refractivity contribution in [2.75, 3.05) is 13.4 Å². The summed E-state index contributed by atoms with van der Waals surface area (Å²) in [5, 5.41) is 0. The molecule has 0 aliphatic carbocycles. The van der Waals surface area contributed by atoms with Crippen molar-refractivity contribution in [3.05, 3.63) is 29.8 Å². The maximum Gasteiger partial charge on any atom is 0.306 e. The zero-order chi connectivity index (χ0) is 13.8. The lowest BCUT2D eigenvalue weighted by Crippen LogP contribution is -2.42. The molecule has 2 N–H and O–H groups in total. The van der Waals surface area contributed by atoms with Crippen LogP contribution in [0.3, 0.4) is 0 Å². The first-order valence-corrected chi connectivity index (χ1v) is 7.13. The highest BCUT2D eigenvalue weighted by atomic mass is 32.2. The van der Waals surface area contributed by atoms with Gasteiger partial charge in [-0.3, -0.25) is 4.79 Å². The van der Waals surface area contributed by atoms with Crippen LogP contribution in [0.25, 0.3) is 0 Å². The van der Waals surface area contributed by atoms with Crippen molar-refractivity contribution in [3.63, 3.8) is 0 Å². The largest absolute Gasteiger partial charge is 0.469 e. The van der Waals surface area contributed by atoms with Crippen LogP contribution < -0.4 is 5.73 Å². The molecule has 0 spiro atoms. The Hall–Kier alpha value is -1.00. The molecule has 2 unspecified atom stereocenters.